The lowest BCUT2D eigenvalue weighted by molar-refractivity contribution is -0.141. The summed E-state index contributed by atoms with van der Waals surface area (Å²) in [7, 11) is 0. The molecular formula is C19H20F3N5O. The Morgan fingerprint density at radius 3 is 2.57 bits per heavy atom. The molecule has 148 valence electrons. The van der Waals surface area contributed by atoms with E-state index in [1.807, 2.05) is 35.8 Å². The number of imidazole rings is 1. The minimum atomic E-state index is -4.44. The van der Waals surface area contributed by atoms with Crippen LogP contribution >= 0.6 is 0 Å². The molecule has 0 bridgehead atoms. The van der Waals surface area contributed by atoms with Crippen LogP contribution in [0.3, 0.4) is 0 Å². The highest BCUT2D eigenvalue weighted by Gasteiger charge is 2.34. The maximum Gasteiger partial charge on any atom is 0.435 e. The first-order valence-electron chi connectivity index (χ1n) is 9.15. The minimum Gasteiger partial charge on any atom is -0.341 e. The molecule has 0 radical (unpaired) electrons. The number of aromatic nitrogens is 4. The van der Waals surface area contributed by atoms with Crippen LogP contribution in [0.25, 0.3) is 11.0 Å². The third kappa shape index (κ3) is 3.48. The van der Waals surface area contributed by atoms with Crippen molar-refractivity contribution in [3.63, 3.8) is 0 Å². The SMILES string of the molecule is Cc1nc2ccccc2n1CC(=O)N1CCC(n2ccc(C(F)(F)F)n2)CC1. The number of hydrogen-bond donors (Lipinski definition) is 0. The summed E-state index contributed by atoms with van der Waals surface area (Å²) in [5.74, 6) is 0.766. The fourth-order valence-electron chi connectivity index (χ4n) is 3.70. The summed E-state index contributed by atoms with van der Waals surface area (Å²) in [5, 5.41) is 3.66. The zero-order valence-corrected chi connectivity index (χ0v) is 15.4. The van der Waals surface area contributed by atoms with E-state index in [2.05, 4.69) is 10.1 Å². The van der Waals surface area contributed by atoms with Gasteiger partial charge in [0.1, 0.15) is 12.4 Å². The summed E-state index contributed by atoms with van der Waals surface area (Å²) in [5.41, 5.74) is 0.888. The second kappa shape index (κ2) is 6.96. The molecule has 2 aromatic heterocycles. The molecule has 9 heteroatoms. The standard InChI is InChI=1S/C19H20F3N5O/c1-13-23-15-4-2-3-5-16(15)26(13)12-18(28)25-9-6-14(7-10-25)27-11-8-17(24-27)19(20,21)22/h2-5,8,11,14H,6-7,9-10,12H2,1H3. The Balaban J connectivity index is 1.40. The highest BCUT2D eigenvalue weighted by atomic mass is 19.4. The molecule has 0 unspecified atom stereocenters. The first-order valence-corrected chi connectivity index (χ1v) is 9.15. The second-order valence-electron chi connectivity index (χ2n) is 7.02. The maximum absolute atomic E-state index is 12.7. The van der Waals surface area contributed by atoms with Crippen molar-refractivity contribution in [3.8, 4) is 0 Å². The van der Waals surface area contributed by atoms with Crippen molar-refractivity contribution in [2.24, 2.45) is 0 Å². The second-order valence-corrected chi connectivity index (χ2v) is 7.02. The number of fused-ring (bicyclic) bond motifs is 1. The van der Waals surface area contributed by atoms with Gasteiger partial charge in [0.25, 0.3) is 0 Å². The molecule has 28 heavy (non-hydrogen) atoms. The Hall–Kier alpha value is -2.84. The van der Waals surface area contributed by atoms with Crippen molar-refractivity contribution in [1.82, 2.24) is 24.2 Å². The van der Waals surface area contributed by atoms with E-state index in [0.29, 0.717) is 25.9 Å². The number of carbonyl (C=O) groups excluding carboxylic acids is 1. The topological polar surface area (TPSA) is 56.0 Å². The maximum atomic E-state index is 12.7. The minimum absolute atomic E-state index is 0.0128. The number of carbonyl (C=O) groups is 1. The molecule has 3 aromatic rings. The van der Waals surface area contributed by atoms with E-state index in [4.69, 9.17) is 0 Å². The lowest BCUT2D eigenvalue weighted by atomic mass is 10.1. The fraction of sp³-hybridized carbons (Fsp3) is 0.421. The van der Waals surface area contributed by atoms with E-state index in [9.17, 15) is 18.0 Å². The molecule has 0 saturated carbocycles. The van der Waals surface area contributed by atoms with Gasteiger partial charge in [0.2, 0.25) is 5.91 Å². The molecule has 1 aliphatic heterocycles. The van der Waals surface area contributed by atoms with Crippen LogP contribution in [-0.4, -0.2) is 43.2 Å². The van der Waals surface area contributed by atoms with Crippen LogP contribution in [0.4, 0.5) is 13.2 Å². The molecule has 3 heterocycles. The van der Waals surface area contributed by atoms with Gasteiger partial charge in [-0.05, 0) is 38.0 Å². The van der Waals surface area contributed by atoms with Crippen LogP contribution in [0.15, 0.2) is 36.5 Å². The monoisotopic (exact) mass is 391 g/mol. The van der Waals surface area contributed by atoms with Crippen LogP contribution < -0.4 is 0 Å². The molecular weight excluding hydrogens is 371 g/mol. The van der Waals surface area contributed by atoms with Gasteiger partial charge in [0, 0.05) is 19.3 Å². The summed E-state index contributed by atoms with van der Waals surface area (Å²) >= 11 is 0. The molecule has 1 amide bonds. The van der Waals surface area contributed by atoms with Gasteiger partial charge in [-0.2, -0.15) is 18.3 Å². The van der Waals surface area contributed by atoms with Gasteiger partial charge in [-0.25, -0.2) is 4.98 Å². The zero-order chi connectivity index (χ0) is 19.9. The average molecular weight is 391 g/mol. The van der Waals surface area contributed by atoms with Gasteiger partial charge in [-0.1, -0.05) is 12.1 Å². The zero-order valence-electron chi connectivity index (χ0n) is 15.4. The number of piperidine rings is 1. The Bertz CT molecular complexity index is 999. The number of rotatable bonds is 3. The van der Waals surface area contributed by atoms with Crippen molar-refractivity contribution in [2.45, 2.75) is 38.5 Å². The average Bonchev–Trinajstić information content (AvgIpc) is 3.27. The van der Waals surface area contributed by atoms with Crippen LogP contribution in [0.1, 0.15) is 30.4 Å². The number of aryl methyl sites for hydroxylation is 1. The smallest absolute Gasteiger partial charge is 0.341 e. The van der Waals surface area contributed by atoms with E-state index in [1.54, 1.807) is 4.90 Å². The third-order valence-electron chi connectivity index (χ3n) is 5.23. The fourth-order valence-corrected chi connectivity index (χ4v) is 3.70. The third-order valence-corrected chi connectivity index (χ3v) is 5.23. The van der Waals surface area contributed by atoms with Crippen molar-refractivity contribution in [1.29, 1.82) is 0 Å². The van der Waals surface area contributed by atoms with Gasteiger partial charge in [-0.3, -0.25) is 9.48 Å². The van der Waals surface area contributed by atoms with Gasteiger partial charge < -0.3 is 9.47 Å². The van der Waals surface area contributed by atoms with Crippen molar-refractivity contribution < 1.29 is 18.0 Å². The number of alkyl halides is 3. The summed E-state index contributed by atoms with van der Waals surface area (Å²) in [6, 6.07) is 8.53. The molecule has 0 spiro atoms. The Morgan fingerprint density at radius 1 is 1.18 bits per heavy atom. The van der Waals surface area contributed by atoms with Crippen LogP contribution in [0.5, 0.6) is 0 Å². The molecule has 0 N–H and O–H groups in total. The molecule has 0 aliphatic carbocycles. The van der Waals surface area contributed by atoms with Gasteiger partial charge in [0.15, 0.2) is 5.69 Å². The van der Waals surface area contributed by atoms with E-state index in [1.165, 1.54) is 10.9 Å². The molecule has 4 rings (SSSR count). The number of likely N-dealkylation sites (tertiary alicyclic amines) is 1. The first-order chi connectivity index (χ1) is 13.3. The van der Waals surface area contributed by atoms with E-state index >= 15 is 0 Å². The van der Waals surface area contributed by atoms with E-state index in [-0.39, 0.29) is 18.5 Å². The summed E-state index contributed by atoms with van der Waals surface area (Å²) in [4.78, 5) is 19.0. The number of amides is 1. The molecule has 1 saturated heterocycles. The first kappa shape index (κ1) is 18.5. The van der Waals surface area contributed by atoms with Crippen molar-refractivity contribution in [2.75, 3.05) is 13.1 Å². The predicted octanol–water partition coefficient (Wildman–Crippen LogP) is 3.42. The summed E-state index contributed by atoms with van der Waals surface area (Å²) in [6.45, 7) is 3.07. The van der Waals surface area contributed by atoms with Crippen molar-refractivity contribution in [3.05, 3.63) is 48.0 Å². The number of halogens is 3. The predicted molar refractivity (Wildman–Crippen MR) is 96.6 cm³/mol. The molecule has 1 fully saturated rings. The summed E-state index contributed by atoms with van der Waals surface area (Å²) < 4.78 is 41.4. The number of nitrogens with zero attached hydrogens (tertiary/aromatic N) is 5. The van der Waals surface area contributed by atoms with Gasteiger partial charge in [0.05, 0.1) is 17.1 Å². The quantitative estimate of drug-likeness (QED) is 0.688. The molecule has 6 nitrogen and oxygen atoms in total. The highest BCUT2D eigenvalue weighted by molar-refractivity contribution is 5.81. The highest BCUT2D eigenvalue weighted by Crippen LogP contribution is 2.29. The largest absolute Gasteiger partial charge is 0.435 e. The Kier molecular flexibility index (Phi) is 4.60. The van der Waals surface area contributed by atoms with E-state index < -0.39 is 11.9 Å². The van der Waals surface area contributed by atoms with Crippen LogP contribution in [0, 0.1) is 6.92 Å². The summed E-state index contributed by atoms with van der Waals surface area (Å²) in [6.07, 6.45) is -1.91. The van der Waals surface area contributed by atoms with Gasteiger partial charge >= 0.3 is 6.18 Å². The van der Waals surface area contributed by atoms with Gasteiger partial charge in [-0.15, -0.1) is 0 Å². The normalized spacial score (nSPS) is 16.1. The lowest BCUT2D eigenvalue weighted by Gasteiger charge is -2.32. The number of benzene rings is 1. The Morgan fingerprint density at radius 2 is 1.89 bits per heavy atom. The molecule has 1 aliphatic rings. The van der Waals surface area contributed by atoms with Crippen LogP contribution in [0.2, 0.25) is 0 Å². The molecule has 1 aromatic carbocycles. The molecule has 0 atom stereocenters. The van der Waals surface area contributed by atoms with E-state index in [0.717, 1.165) is 22.9 Å². The number of para-hydroxylation sites is 2. The number of hydrogen-bond acceptors (Lipinski definition) is 3. The van der Waals surface area contributed by atoms with Crippen LogP contribution in [-0.2, 0) is 17.5 Å². The van der Waals surface area contributed by atoms with Crippen molar-refractivity contribution >= 4 is 16.9 Å². The Labute approximate surface area is 159 Å². The lowest BCUT2D eigenvalue weighted by Crippen LogP contribution is -2.41.